The first kappa shape index (κ1) is 10.2. The van der Waals surface area contributed by atoms with E-state index < -0.39 is 0 Å². The molecule has 0 aromatic carbocycles. The van der Waals surface area contributed by atoms with Gasteiger partial charge in [-0.15, -0.1) is 0 Å². The average molecular weight is 189 g/mol. The van der Waals surface area contributed by atoms with Crippen LogP contribution in [0.25, 0.3) is 0 Å². The molecular weight excluding hydrogens is 173 g/mol. The van der Waals surface area contributed by atoms with E-state index in [2.05, 4.69) is 5.16 Å². The Morgan fingerprint density at radius 1 is 1.69 bits per heavy atom. The fourth-order valence-electron chi connectivity index (χ4n) is 1.68. The molecule has 3 N–H and O–H groups in total. The van der Waals surface area contributed by atoms with E-state index in [-0.39, 0.29) is 18.4 Å². The summed E-state index contributed by atoms with van der Waals surface area (Å²) in [6, 6.07) is 0. The van der Waals surface area contributed by atoms with Crippen molar-refractivity contribution in [3.63, 3.8) is 0 Å². The van der Waals surface area contributed by atoms with Crippen LogP contribution in [0, 0.1) is 5.92 Å². The van der Waals surface area contributed by atoms with Crippen LogP contribution in [0.3, 0.4) is 0 Å². The van der Waals surface area contributed by atoms with Crippen molar-refractivity contribution in [2.45, 2.75) is 12.8 Å². The second kappa shape index (κ2) is 5.01. The number of rotatable bonds is 3. The molecule has 1 aliphatic heterocycles. The molecule has 4 nitrogen and oxygen atoms in total. The van der Waals surface area contributed by atoms with Crippen molar-refractivity contribution in [1.29, 1.82) is 0 Å². The van der Waals surface area contributed by atoms with Crippen molar-refractivity contribution in [1.82, 2.24) is 4.90 Å². The lowest BCUT2D eigenvalue weighted by atomic mass is 10.00. The zero-order chi connectivity index (χ0) is 9.68. The molecule has 0 saturated carbocycles. The molecule has 1 aliphatic rings. The Bertz CT molecular complexity index is 186. The molecule has 0 spiro atoms. The minimum Gasteiger partial charge on any atom is -0.409 e. The SMILES string of the molecule is NC(CN1CCC[C@@H](CF)C1)=NO. The van der Waals surface area contributed by atoms with E-state index >= 15 is 0 Å². The first-order valence-electron chi connectivity index (χ1n) is 4.51. The van der Waals surface area contributed by atoms with E-state index in [1.165, 1.54) is 0 Å². The van der Waals surface area contributed by atoms with E-state index in [0.717, 1.165) is 19.4 Å². The van der Waals surface area contributed by atoms with Crippen LogP contribution in [0.1, 0.15) is 12.8 Å². The van der Waals surface area contributed by atoms with Crippen molar-refractivity contribution in [3.05, 3.63) is 0 Å². The van der Waals surface area contributed by atoms with Crippen molar-refractivity contribution in [2.75, 3.05) is 26.3 Å². The number of hydrogen-bond donors (Lipinski definition) is 2. The molecule has 0 aromatic heterocycles. The molecule has 1 heterocycles. The average Bonchev–Trinajstić information content (AvgIpc) is 2.18. The van der Waals surface area contributed by atoms with Gasteiger partial charge in [0.2, 0.25) is 0 Å². The Balaban J connectivity index is 2.34. The Hall–Kier alpha value is -0.840. The van der Waals surface area contributed by atoms with E-state index in [1.54, 1.807) is 0 Å². The third kappa shape index (κ3) is 3.18. The predicted octanol–water partition coefficient (Wildman–Crippen LogP) is 0.414. The summed E-state index contributed by atoms with van der Waals surface area (Å²) >= 11 is 0. The molecule has 76 valence electrons. The van der Waals surface area contributed by atoms with Gasteiger partial charge in [0.25, 0.3) is 0 Å². The zero-order valence-electron chi connectivity index (χ0n) is 7.62. The monoisotopic (exact) mass is 189 g/mol. The van der Waals surface area contributed by atoms with Crippen LogP contribution < -0.4 is 5.73 Å². The lowest BCUT2D eigenvalue weighted by Crippen LogP contribution is -2.41. The van der Waals surface area contributed by atoms with E-state index in [0.29, 0.717) is 13.1 Å². The number of oxime groups is 1. The Morgan fingerprint density at radius 3 is 3.08 bits per heavy atom. The zero-order valence-corrected chi connectivity index (χ0v) is 7.62. The predicted molar refractivity (Wildman–Crippen MR) is 48.5 cm³/mol. The number of nitrogens with zero attached hydrogens (tertiary/aromatic N) is 2. The number of alkyl halides is 1. The van der Waals surface area contributed by atoms with Gasteiger partial charge >= 0.3 is 0 Å². The minimum atomic E-state index is -0.271. The molecule has 1 saturated heterocycles. The van der Waals surface area contributed by atoms with Crippen LogP contribution >= 0.6 is 0 Å². The van der Waals surface area contributed by atoms with Crippen LogP contribution in [0.4, 0.5) is 4.39 Å². The maximum atomic E-state index is 12.3. The van der Waals surface area contributed by atoms with Gasteiger partial charge in [-0.05, 0) is 19.4 Å². The van der Waals surface area contributed by atoms with Crippen LogP contribution in [0.15, 0.2) is 5.16 Å². The summed E-state index contributed by atoms with van der Waals surface area (Å²) in [4.78, 5) is 2.02. The number of halogens is 1. The van der Waals surface area contributed by atoms with Crippen molar-refractivity contribution in [3.8, 4) is 0 Å². The van der Waals surface area contributed by atoms with Gasteiger partial charge in [-0.2, -0.15) is 0 Å². The molecule has 0 aromatic rings. The number of nitrogens with two attached hydrogens (primary N) is 1. The Morgan fingerprint density at radius 2 is 2.46 bits per heavy atom. The molecule has 0 aliphatic carbocycles. The molecular formula is C8H16FN3O. The van der Waals surface area contributed by atoms with Gasteiger partial charge < -0.3 is 10.9 Å². The highest BCUT2D eigenvalue weighted by Gasteiger charge is 2.19. The number of piperidine rings is 1. The van der Waals surface area contributed by atoms with E-state index in [1.807, 2.05) is 4.90 Å². The highest BCUT2D eigenvalue weighted by atomic mass is 19.1. The second-order valence-electron chi connectivity index (χ2n) is 3.49. The number of hydrogen-bond acceptors (Lipinski definition) is 3. The summed E-state index contributed by atoms with van der Waals surface area (Å²) in [5, 5.41) is 11.2. The Labute approximate surface area is 77.2 Å². The Kier molecular flexibility index (Phi) is 3.95. The minimum absolute atomic E-state index is 0.125. The quantitative estimate of drug-likeness (QED) is 0.292. The maximum Gasteiger partial charge on any atom is 0.153 e. The highest BCUT2D eigenvalue weighted by molar-refractivity contribution is 5.81. The second-order valence-corrected chi connectivity index (χ2v) is 3.49. The summed E-state index contributed by atoms with van der Waals surface area (Å²) in [6.45, 7) is 1.79. The topological polar surface area (TPSA) is 61.8 Å². The van der Waals surface area contributed by atoms with Crippen LogP contribution in [0.2, 0.25) is 0 Å². The first-order chi connectivity index (χ1) is 6.26. The fraction of sp³-hybridized carbons (Fsp3) is 0.875. The molecule has 0 radical (unpaired) electrons. The number of amidine groups is 1. The van der Waals surface area contributed by atoms with Gasteiger partial charge in [-0.25, -0.2) is 0 Å². The molecule has 13 heavy (non-hydrogen) atoms. The molecule has 1 atom stereocenters. The third-order valence-corrected chi connectivity index (χ3v) is 2.34. The van der Waals surface area contributed by atoms with Gasteiger partial charge in [0.1, 0.15) is 0 Å². The van der Waals surface area contributed by atoms with Gasteiger partial charge in [0.05, 0.1) is 13.2 Å². The smallest absolute Gasteiger partial charge is 0.153 e. The lowest BCUT2D eigenvalue weighted by molar-refractivity contribution is 0.169. The summed E-state index contributed by atoms with van der Waals surface area (Å²) in [6.07, 6.45) is 1.94. The summed E-state index contributed by atoms with van der Waals surface area (Å²) in [5.41, 5.74) is 5.36. The molecule has 5 heteroatoms. The van der Waals surface area contributed by atoms with Crippen LogP contribution in [0.5, 0.6) is 0 Å². The highest BCUT2D eigenvalue weighted by Crippen LogP contribution is 2.16. The number of likely N-dealkylation sites (tertiary alicyclic amines) is 1. The van der Waals surface area contributed by atoms with E-state index in [4.69, 9.17) is 10.9 Å². The fourth-order valence-corrected chi connectivity index (χ4v) is 1.68. The third-order valence-electron chi connectivity index (χ3n) is 2.34. The van der Waals surface area contributed by atoms with E-state index in [9.17, 15) is 4.39 Å². The molecule has 0 amide bonds. The maximum absolute atomic E-state index is 12.3. The molecule has 0 bridgehead atoms. The largest absolute Gasteiger partial charge is 0.409 e. The standard InChI is InChI=1S/C8H16FN3O/c9-4-7-2-1-3-12(5-7)6-8(10)11-13/h7,13H,1-6H2,(H2,10,11)/t7-/m0/s1. The summed E-state index contributed by atoms with van der Waals surface area (Å²) in [7, 11) is 0. The first-order valence-corrected chi connectivity index (χ1v) is 4.51. The van der Waals surface area contributed by atoms with Crippen molar-refractivity contribution < 1.29 is 9.60 Å². The molecule has 0 unspecified atom stereocenters. The van der Waals surface area contributed by atoms with Gasteiger partial charge in [-0.1, -0.05) is 5.16 Å². The van der Waals surface area contributed by atoms with Crippen molar-refractivity contribution >= 4 is 5.84 Å². The van der Waals surface area contributed by atoms with Crippen molar-refractivity contribution in [2.24, 2.45) is 16.8 Å². The molecule has 1 fully saturated rings. The van der Waals surface area contributed by atoms with Gasteiger partial charge in [-0.3, -0.25) is 9.29 Å². The van der Waals surface area contributed by atoms with Gasteiger partial charge in [0, 0.05) is 12.5 Å². The van der Waals surface area contributed by atoms with Crippen LogP contribution in [-0.4, -0.2) is 42.3 Å². The van der Waals surface area contributed by atoms with Crippen LogP contribution in [-0.2, 0) is 0 Å². The summed E-state index contributed by atoms with van der Waals surface area (Å²) < 4.78 is 12.3. The normalized spacial score (nSPS) is 26.2. The summed E-state index contributed by atoms with van der Waals surface area (Å²) in [5.74, 6) is 0.319. The molecule has 1 rings (SSSR count). The van der Waals surface area contributed by atoms with Gasteiger partial charge in [0.15, 0.2) is 5.84 Å². The lowest BCUT2D eigenvalue weighted by Gasteiger charge is -2.30.